The molecule has 0 amide bonds. The van der Waals surface area contributed by atoms with Gasteiger partial charge < -0.3 is 17.7 Å². The molecule has 0 aromatic heterocycles. The van der Waals surface area contributed by atoms with Crippen molar-refractivity contribution in [2.75, 3.05) is 6.61 Å². The Morgan fingerprint density at radius 2 is 1.64 bits per heavy atom. The summed E-state index contributed by atoms with van der Waals surface area (Å²) >= 11 is 0. The minimum atomic E-state index is -4.70. The highest BCUT2D eigenvalue weighted by molar-refractivity contribution is 6.58. The van der Waals surface area contributed by atoms with Crippen molar-refractivity contribution >= 4 is 12.9 Å². The third-order valence-electron chi connectivity index (χ3n) is 3.40. The standard InChI is InChI=1S/C16H23BF3O2/c1-16(2,3)14-9-7-13(8-10-14)15(21)22-12-6-4-5-11-17(18,19)20/h7-10H,4-6,11-12H2,1-3H3/q-1. The van der Waals surface area contributed by atoms with Crippen LogP contribution in [0.5, 0.6) is 0 Å². The Morgan fingerprint density at radius 3 is 2.14 bits per heavy atom. The van der Waals surface area contributed by atoms with Crippen LogP contribution in [0.1, 0.15) is 56.0 Å². The van der Waals surface area contributed by atoms with Crippen molar-refractivity contribution in [3.63, 3.8) is 0 Å². The van der Waals surface area contributed by atoms with E-state index in [2.05, 4.69) is 20.8 Å². The number of benzene rings is 1. The summed E-state index contributed by atoms with van der Waals surface area (Å²) in [7, 11) is 0. The summed E-state index contributed by atoms with van der Waals surface area (Å²) in [6.07, 6.45) is 0.249. The van der Waals surface area contributed by atoms with Crippen LogP contribution in [-0.4, -0.2) is 19.6 Å². The Balaban J connectivity index is 2.31. The monoisotopic (exact) mass is 315 g/mol. The lowest BCUT2D eigenvalue weighted by molar-refractivity contribution is 0.0498. The van der Waals surface area contributed by atoms with Crippen LogP contribution in [0.25, 0.3) is 0 Å². The van der Waals surface area contributed by atoms with Crippen LogP contribution in [0.2, 0.25) is 6.32 Å². The number of rotatable bonds is 7. The first-order chi connectivity index (χ1) is 10.1. The lowest BCUT2D eigenvalue weighted by Gasteiger charge is -2.18. The van der Waals surface area contributed by atoms with Gasteiger partial charge in [-0.3, -0.25) is 0 Å². The molecule has 0 bridgehead atoms. The number of carbonyl (C=O) groups is 1. The van der Waals surface area contributed by atoms with Gasteiger partial charge in [-0.1, -0.05) is 52.1 Å². The molecule has 22 heavy (non-hydrogen) atoms. The molecular formula is C16H23BF3O2-. The summed E-state index contributed by atoms with van der Waals surface area (Å²) < 4.78 is 41.1. The van der Waals surface area contributed by atoms with Gasteiger partial charge in [0.05, 0.1) is 12.2 Å². The van der Waals surface area contributed by atoms with E-state index in [9.17, 15) is 17.7 Å². The summed E-state index contributed by atoms with van der Waals surface area (Å²) in [5, 5.41) is 0. The molecule has 1 aromatic carbocycles. The average Bonchev–Trinajstić information content (AvgIpc) is 2.40. The molecule has 124 valence electrons. The highest BCUT2D eigenvalue weighted by atomic mass is 19.4. The number of ether oxygens (including phenoxy) is 1. The molecule has 0 radical (unpaired) electrons. The largest absolute Gasteiger partial charge is 0.478 e. The summed E-state index contributed by atoms with van der Waals surface area (Å²) in [6.45, 7) is 1.72. The van der Waals surface area contributed by atoms with Crippen LogP contribution in [-0.2, 0) is 10.2 Å². The SMILES string of the molecule is CC(C)(C)c1ccc(C(=O)OCCCCC[B-](F)(F)F)cc1. The van der Waals surface area contributed by atoms with Crippen LogP contribution in [0.4, 0.5) is 12.9 Å². The van der Waals surface area contributed by atoms with Crippen molar-refractivity contribution in [1.82, 2.24) is 0 Å². The van der Waals surface area contributed by atoms with E-state index < -0.39 is 19.3 Å². The van der Waals surface area contributed by atoms with E-state index in [4.69, 9.17) is 4.74 Å². The van der Waals surface area contributed by atoms with E-state index >= 15 is 0 Å². The molecule has 0 saturated heterocycles. The first kappa shape index (κ1) is 18.6. The van der Waals surface area contributed by atoms with Crippen LogP contribution in [0.15, 0.2) is 24.3 Å². The van der Waals surface area contributed by atoms with E-state index in [1.54, 1.807) is 12.1 Å². The predicted molar refractivity (Wildman–Crippen MR) is 83.2 cm³/mol. The first-order valence-corrected chi connectivity index (χ1v) is 7.58. The number of hydrogen-bond acceptors (Lipinski definition) is 2. The first-order valence-electron chi connectivity index (χ1n) is 7.58. The maximum atomic E-state index is 12.0. The zero-order chi connectivity index (χ0) is 16.8. The number of unbranched alkanes of at least 4 members (excludes halogenated alkanes) is 2. The molecule has 0 unspecified atom stereocenters. The Morgan fingerprint density at radius 1 is 1.05 bits per heavy atom. The fourth-order valence-electron chi connectivity index (χ4n) is 2.01. The molecule has 0 aliphatic rings. The summed E-state index contributed by atoms with van der Waals surface area (Å²) in [5.74, 6) is -0.430. The molecule has 0 aliphatic heterocycles. The highest BCUT2D eigenvalue weighted by Crippen LogP contribution is 2.22. The zero-order valence-corrected chi connectivity index (χ0v) is 13.4. The van der Waals surface area contributed by atoms with Crippen molar-refractivity contribution in [2.45, 2.75) is 51.8 Å². The normalized spacial score (nSPS) is 12.3. The second-order valence-corrected chi connectivity index (χ2v) is 6.52. The van der Waals surface area contributed by atoms with Gasteiger partial charge in [0, 0.05) is 0 Å². The van der Waals surface area contributed by atoms with Gasteiger partial charge in [-0.25, -0.2) is 4.79 Å². The second-order valence-electron chi connectivity index (χ2n) is 6.52. The molecule has 0 spiro atoms. The summed E-state index contributed by atoms with van der Waals surface area (Å²) in [4.78, 5) is 11.8. The molecule has 6 heteroatoms. The average molecular weight is 315 g/mol. The molecule has 0 heterocycles. The maximum absolute atomic E-state index is 12.0. The van der Waals surface area contributed by atoms with Gasteiger partial charge in [0.2, 0.25) is 0 Å². The van der Waals surface area contributed by atoms with Gasteiger partial charge in [0.1, 0.15) is 0 Å². The minimum absolute atomic E-state index is 0.0163. The molecule has 0 aliphatic carbocycles. The van der Waals surface area contributed by atoms with E-state index in [0.29, 0.717) is 18.4 Å². The molecule has 0 fully saturated rings. The van der Waals surface area contributed by atoms with Gasteiger partial charge in [-0.2, -0.15) is 0 Å². The fourth-order valence-corrected chi connectivity index (χ4v) is 2.01. The molecule has 1 aromatic rings. The second kappa shape index (κ2) is 7.70. The highest BCUT2D eigenvalue weighted by Gasteiger charge is 2.21. The maximum Gasteiger partial charge on any atom is 0.478 e. The quantitative estimate of drug-likeness (QED) is 0.395. The molecule has 0 N–H and O–H groups in total. The van der Waals surface area contributed by atoms with Crippen molar-refractivity contribution in [3.05, 3.63) is 35.4 Å². The topological polar surface area (TPSA) is 26.3 Å². The van der Waals surface area contributed by atoms with Gasteiger partial charge >= 0.3 is 12.9 Å². The van der Waals surface area contributed by atoms with Crippen molar-refractivity contribution in [3.8, 4) is 0 Å². The predicted octanol–water partition coefficient (Wildman–Crippen LogP) is 5.16. The summed E-state index contributed by atoms with van der Waals surface area (Å²) in [6, 6.07) is 7.22. The Kier molecular flexibility index (Phi) is 6.51. The molecular weight excluding hydrogens is 292 g/mol. The molecule has 0 saturated carbocycles. The Hall–Kier alpha value is -1.46. The Bertz CT molecular complexity index is 476. The van der Waals surface area contributed by atoms with Gasteiger partial charge in [0.25, 0.3) is 0 Å². The number of esters is 1. The number of halogens is 3. The van der Waals surface area contributed by atoms with Crippen molar-refractivity contribution < 1.29 is 22.5 Å². The van der Waals surface area contributed by atoms with E-state index in [-0.39, 0.29) is 18.4 Å². The van der Waals surface area contributed by atoms with E-state index in [1.165, 1.54) is 0 Å². The fraction of sp³-hybridized carbons (Fsp3) is 0.562. The van der Waals surface area contributed by atoms with E-state index in [1.807, 2.05) is 12.1 Å². The lowest BCUT2D eigenvalue weighted by Crippen LogP contribution is -2.14. The van der Waals surface area contributed by atoms with Gasteiger partial charge in [-0.05, 0) is 29.5 Å². The Labute approximate surface area is 130 Å². The van der Waals surface area contributed by atoms with Crippen LogP contribution >= 0.6 is 0 Å². The van der Waals surface area contributed by atoms with Gasteiger partial charge in [-0.15, -0.1) is 0 Å². The minimum Gasteiger partial charge on any atom is -0.462 e. The van der Waals surface area contributed by atoms with Crippen molar-refractivity contribution in [2.24, 2.45) is 0 Å². The number of carbonyl (C=O) groups excluding carboxylic acids is 1. The van der Waals surface area contributed by atoms with Crippen LogP contribution < -0.4 is 0 Å². The summed E-state index contributed by atoms with van der Waals surface area (Å²) in [5.41, 5.74) is 1.60. The third kappa shape index (κ3) is 7.01. The molecule has 0 atom stereocenters. The third-order valence-corrected chi connectivity index (χ3v) is 3.40. The van der Waals surface area contributed by atoms with Crippen molar-refractivity contribution in [1.29, 1.82) is 0 Å². The lowest BCUT2D eigenvalue weighted by atomic mass is 9.83. The molecule has 2 nitrogen and oxygen atoms in total. The van der Waals surface area contributed by atoms with Crippen LogP contribution in [0.3, 0.4) is 0 Å². The molecule has 1 rings (SSSR count). The van der Waals surface area contributed by atoms with Gasteiger partial charge in [0.15, 0.2) is 0 Å². The van der Waals surface area contributed by atoms with Crippen LogP contribution in [0, 0.1) is 0 Å². The smallest absolute Gasteiger partial charge is 0.462 e. The zero-order valence-electron chi connectivity index (χ0n) is 13.4. The number of hydrogen-bond donors (Lipinski definition) is 0. The van der Waals surface area contributed by atoms with E-state index in [0.717, 1.165) is 5.56 Å².